The van der Waals surface area contributed by atoms with Crippen LogP contribution in [0.25, 0.3) is 0 Å². The van der Waals surface area contributed by atoms with E-state index in [1.807, 2.05) is 19.2 Å². The van der Waals surface area contributed by atoms with Crippen molar-refractivity contribution in [3.8, 4) is 6.07 Å². The number of nitriles is 1. The third-order valence-electron chi connectivity index (χ3n) is 4.06. The molecule has 2 aromatic rings. The second-order valence-electron chi connectivity index (χ2n) is 6.13. The Bertz CT molecular complexity index is 941. The van der Waals surface area contributed by atoms with Crippen molar-refractivity contribution in [2.75, 3.05) is 25.0 Å². The van der Waals surface area contributed by atoms with Crippen molar-refractivity contribution in [3.63, 3.8) is 0 Å². The first-order valence-corrected chi connectivity index (χ1v) is 8.38. The van der Waals surface area contributed by atoms with Crippen LogP contribution in [0.3, 0.4) is 0 Å². The minimum absolute atomic E-state index is 0.0535. The molecule has 1 aromatic heterocycles. The number of hydrogen-bond donors (Lipinski definition) is 1. The first kappa shape index (κ1) is 21.7. The molecule has 0 aliphatic carbocycles. The third kappa shape index (κ3) is 5.68. The van der Waals surface area contributed by atoms with Gasteiger partial charge in [-0.2, -0.15) is 18.4 Å². The molecule has 10 heteroatoms. The standard InChI is InChI=1S/C17H16N4O.C2HF3O2/c1-20-8-9-21(12-15-6-3-7-19-16(15)20)17(22)14-5-2-4-13(10-14)11-18;3-2(4,5)1(6)7/h2-7,10H,8-9,12H2,1H3;(H,6,7). The molecule has 1 amide bonds. The Hall–Kier alpha value is -3.61. The van der Waals surface area contributed by atoms with E-state index in [1.54, 1.807) is 35.4 Å². The van der Waals surface area contributed by atoms with Crippen LogP contribution in [0.1, 0.15) is 21.5 Å². The van der Waals surface area contributed by atoms with Crippen LogP contribution in [-0.2, 0) is 11.3 Å². The summed E-state index contributed by atoms with van der Waals surface area (Å²) in [5.41, 5.74) is 2.08. The van der Waals surface area contributed by atoms with Gasteiger partial charge in [0.1, 0.15) is 5.82 Å². The predicted molar refractivity (Wildman–Crippen MR) is 97.1 cm³/mol. The molecule has 0 saturated carbocycles. The predicted octanol–water partition coefficient (Wildman–Crippen LogP) is 2.68. The lowest BCUT2D eigenvalue weighted by Gasteiger charge is -2.21. The van der Waals surface area contributed by atoms with Gasteiger partial charge in [-0.1, -0.05) is 12.1 Å². The fraction of sp³-hybridized carbons (Fsp3) is 0.263. The molecule has 29 heavy (non-hydrogen) atoms. The second kappa shape index (κ2) is 9.05. The number of aliphatic carboxylic acids is 1. The van der Waals surface area contributed by atoms with Crippen LogP contribution in [0, 0.1) is 11.3 Å². The van der Waals surface area contributed by atoms with Gasteiger partial charge in [0.2, 0.25) is 0 Å². The lowest BCUT2D eigenvalue weighted by Crippen LogP contribution is -2.34. The van der Waals surface area contributed by atoms with E-state index >= 15 is 0 Å². The SMILES string of the molecule is CN1CCN(C(=O)c2cccc(C#N)c2)Cc2cccnc21.O=C(O)C(F)(F)F. The Balaban J connectivity index is 0.000000370. The molecular weight excluding hydrogens is 389 g/mol. The van der Waals surface area contributed by atoms with Gasteiger partial charge in [0, 0.05) is 44.0 Å². The second-order valence-corrected chi connectivity index (χ2v) is 6.13. The number of carboxylic acid groups (broad SMARTS) is 1. The minimum atomic E-state index is -5.08. The molecular formula is C19H17F3N4O3. The maximum atomic E-state index is 12.7. The summed E-state index contributed by atoms with van der Waals surface area (Å²) < 4.78 is 31.7. The van der Waals surface area contributed by atoms with Crippen LogP contribution in [0.2, 0.25) is 0 Å². The number of anilines is 1. The Morgan fingerprint density at radius 3 is 2.52 bits per heavy atom. The summed E-state index contributed by atoms with van der Waals surface area (Å²) in [6, 6.07) is 12.8. The van der Waals surface area contributed by atoms with E-state index in [2.05, 4.69) is 16.0 Å². The van der Waals surface area contributed by atoms with Crippen molar-refractivity contribution in [3.05, 3.63) is 59.3 Å². The first-order chi connectivity index (χ1) is 13.6. The number of alkyl halides is 3. The number of carbonyl (C=O) groups excluding carboxylic acids is 1. The van der Waals surface area contributed by atoms with Crippen LogP contribution < -0.4 is 4.90 Å². The van der Waals surface area contributed by atoms with Gasteiger partial charge in [-0.3, -0.25) is 4.79 Å². The third-order valence-corrected chi connectivity index (χ3v) is 4.06. The summed E-state index contributed by atoms with van der Waals surface area (Å²) in [5, 5.41) is 16.1. The molecule has 152 valence electrons. The summed E-state index contributed by atoms with van der Waals surface area (Å²) in [5.74, 6) is -1.89. The largest absolute Gasteiger partial charge is 0.490 e. The van der Waals surface area contributed by atoms with Crippen LogP contribution in [0.15, 0.2) is 42.6 Å². The topological polar surface area (TPSA) is 97.5 Å². The van der Waals surface area contributed by atoms with Crippen LogP contribution in [-0.4, -0.2) is 53.2 Å². The molecule has 0 fully saturated rings. The van der Waals surface area contributed by atoms with E-state index in [0.717, 1.165) is 17.9 Å². The maximum Gasteiger partial charge on any atom is 0.490 e. The van der Waals surface area contributed by atoms with Crippen molar-refractivity contribution in [1.82, 2.24) is 9.88 Å². The zero-order valence-electron chi connectivity index (χ0n) is 15.3. The van der Waals surface area contributed by atoms with Crippen LogP contribution in [0.5, 0.6) is 0 Å². The molecule has 7 nitrogen and oxygen atoms in total. The van der Waals surface area contributed by atoms with Gasteiger partial charge >= 0.3 is 12.1 Å². The zero-order chi connectivity index (χ0) is 21.6. The van der Waals surface area contributed by atoms with Crippen molar-refractivity contribution < 1.29 is 27.9 Å². The molecule has 0 saturated heterocycles. The molecule has 1 aromatic carbocycles. The van der Waals surface area contributed by atoms with Crippen molar-refractivity contribution in [2.45, 2.75) is 12.7 Å². The van der Waals surface area contributed by atoms with Gasteiger partial charge < -0.3 is 14.9 Å². The summed E-state index contributed by atoms with van der Waals surface area (Å²) in [7, 11) is 1.98. The number of nitrogens with zero attached hydrogens (tertiary/aromatic N) is 4. The number of pyridine rings is 1. The highest BCUT2D eigenvalue weighted by atomic mass is 19.4. The first-order valence-electron chi connectivity index (χ1n) is 8.38. The normalized spacial score (nSPS) is 13.3. The highest BCUT2D eigenvalue weighted by Gasteiger charge is 2.38. The molecule has 1 N–H and O–H groups in total. The molecule has 1 aliphatic heterocycles. The van der Waals surface area contributed by atoms with E-state index in [4.69, 9.17) is 15.2 Å². The van der Waals surface area contributed by atoms with Gasteiger partial charge in [0.05, 0.1) is 11.6 Å². The number of hydrogen-bond acceptors (Lipinski definition) is 5. The zero-order valence-corrected chi connectivity index (χ0v) is 15.3. The molecule has 0 radical (unpaired) electrons. The molecule has 0 spiro atoms. The fourth-order valence-electron chi connectivity index (χ4n) is 2.64. The minimum Gasteiger partial charge on any atom is -0.475 e. The summed E-state index contributed by atoms with van der Waals surface area (Å²) in [6.45, 7) is 1.89. The highest BCUT2D eigenvalue weighted by molar-refractivity contribution is 5.94. The fourth-order valence-corrected chi connectivity index (χ4v) is 2.64. The van der Waals surface area contributed by atoms with Gasteiger partial charge in [-0.25, -0.2) is 9.78 Å². The number of rotatable bonds is 1. The lowest BCUT2D eigenvalue weighted by atomic mass is 10.1. The maximum absolute atomic E-state index is 12.7. The Morgan fingerprint density at radius 2 is 1.90 bits per heavy atom. The van der Waals surface area contributed by atoms with Crippen molar-refractivity contribution in [2.24, 2.45) is 0 Å². The smallest absolute Gasteiger partial charge is 0.475 e. The Morgan fingerprint density at radius 1 is 1.21 bits per heavy atom. The quantitative estimate of drug-likeness (QED) is 0.782. The van der Waals surface area contributed by atoms with Crippen LogP contribution in [0.4, 0.5) is 19.0 Å². The summed E-state index contributed by atoms with van der Waals surface area (Å²) in [6.07, 6.45) is -3.32. The lowest BCUT2D eigenvalue weighted by molar-refractivity contribution is -0.192. The number of carboxylic acids is 1. The number of benzene rings is 1. The Labute approximate surface area is 164 Å². The number of carbonyl (C=O) groups is 2. The highest BCUT2D eigenvalue weighted by Crippen LogP contribution is 2.22. The molecule has 2 heterocycles. The van der Waals surface area contributed by atoms with E-state index < -0.39 is 12.1 Å². The van der Waals surface area contributed by atoms with E-state index in [0.29, 0.717) is 24.2 Å². The number of halogens is 3. The molecule has 0 atom stereocenters. The molecule has 1 aliphatic rings. The Kier molecular flexibility index (Phi) is 6.77. The molecule has 0 unspecified atom stereocenters. The summed E-state index contributed by atoms with van der Waals surface area (Å²) >= 11 is 0. The van der Waals surface area contributed by atoms with Crippen LogP contribution >= 0.6 is 0 Å². The van der Waals surface area contributed by atoms with Crippen molar-refractivity contribution >= 4 is 17.7 Å². The average molecular weight is 406 g/mol. The van der Waals surface area contributed by atoms with Gasteiger partial charge in [-0.15, -0.1) is 0 Å². The van der Waals surface area contributed by atoms with Crippen molar-refractivity contribution in [1.29, 1.82) is 5.26 Å². The molecule has 0 bridgehead atoms. The molecule has 3 rings (SSSR count). The monoisotopic (exact) mass is 406 g/mol. The van der Waals surface area contributed by atoms with Gasteiger partial charge in [-0.05, 0) is 24.3 Å². The van der Waals surface area contributed by atoms with E-state index in [1.165, 1.54) is 0 Å². The summed E-state index contributed by atoms with van der Waals surface area (Å²) in [4.78, 5) is 29.9. The number of fused-ring (bicyclic) bond motifs is 1. The van der Waals surface area contributed by atoms with Gasteiger partial charge in [0.15, 0.2) is 0 Å². The van der Waals surface area contributed by atoms with Gasteiger partial charge in [0.25, 0.3) is 5.91 Å². The average Bonchev–Trinajstić information content (AvgIpc) is 2.86. The number of amides is 1. The number of likely N-dealkylation sites (N-methyl/N-ethyl adjacent to an activating group) is 1. The number of aromatic nitrogens is 1. The van der Waals surface area contributed by atoms with E-state index in [-0.39, 0.29) is 5.91 Å². The van der Waals surface area contributed by atoms with E-state index in [9.17, 15) is 18.0 Å².